The number of hydrogen-bond acceptors (Lipinski definition) is 5. The van der Waals surface area contributed by atoms with Crippen molar-refractivity contribution in [3.8, 4) is 0 Å². The molecule has 1 aliphatic rings. The molecule has 0 aliphatic carbocycles. The topological polar surface area (TPSA) is 53.9 Å². The molecule has 2 aromatic heterocycles. The van der Waals surface area contributed by atoms with Gasteiger partial charge in [0.15, 0.2) is 0 Å². The van der Waals surface area contributed by atoms with Gasteiger partial charge in [-0.25, -0.2) is 4.98 Å². The maximum Gasteiger partial charge on any atom is 0.227 e. The van der Waals surface area contributed by atoms with E-state index in [1.807, 2.05) is 12.1 Å². The van der Waals surface area contributed by atoms with Gasteiger partial charge in [0, 0.05) is 42.4 Å². The SMILES string of the molecule is CCc1c(C)nc(N2CCCCC2)nc1Nc1ccncc1. The summed E-state index contributed by atoms with van der Waals surface area (Å²) >= 11 is 0. The number of hydrogen-bond donors (Lipinski definition) is 1. The third-order valence-corrected chi connectivity index (χ3v) is 4.14. The molecule has 5 heteroatoms. The van der Waals surface area contributed by atoms with Crippen LogP contribution in [-0.4, -0.2) is 28.0 Å². The number of anilines is 3. The number of rotatable bonds is 4. The van der Waals surface area contributed by atoms with Gasteiger partial charge < -0.3 is 10.2 Å². The molecule has 0 atom stereocenters. The largest absolute Gasteiger partial charge is 0.341 e. The predicted molar refractivity (Wildman–Crippen MR) is 89.7 cm³/mol. The van der Waals surface area contributed by atoms with Gasteiger partial charge in [-0.2, -0.15) is 4.98 Å². The standard InChI is InChI=1S/C17H23N5/c1-3-15-13(2)19-17(22-11-5-4-6-12-22)21-16(15)20-14-7-9-18-10-8-14/h7-10H,3-6,11-12H2,1-2H3,(H,18,19,20,21). The zero-order valence-electron chi connectivity index (χ0n) is 13.3. The molecule has 116 valence electrons. The molecule has 3 rings (SSSR count). The molecule has 1 fully saturated rings. The van der Waals surface area contributed by atoms with E-state index < -0.39 is 0 Å². The van der Waals surface area contributed by atoms with Crippen molar-refractivity contribution in [2.45, 2.75) is 39.5 Å². The van der Waals surface area contributed by atoms with Crippen LogP contribution in [0.25, 0.3) is 0 Å². The van der Waals surface area contributed by atoms with E-state index in [0.29, 0.717) is 0 Å². The third kappa shape index (κ3) is 3.18. The first-order valence-corrected chi connectivity index (χ1v) is 8.07. The third-order valence-electron chi connectivity index (χ3n) is 4.14. The lowest BCUT2D eigenvalue weighted by Crippen LogP contribution is -2.31. The summed E-state index contributed by atoms with van der Waals surface area (Å²) in [5.74, 6) is 1.77. The lowest BCUT2D eigenvalue weighted by atomic mass is 10.1. The Labute approximate surface area is 131 Å². The van der Waals surface area contributed by atoms with Crippen molar-refractivity contribution in [2.24, 2.45) is 0 Å². The van der Waals surface area contributed by atoms with Gasteiger partial charge in [0.2, 0.25) is 5.95 Å². The van der Waals surface area contributed by atoms with Crippen LogP contribution in [-0.2, 0) is 6.42 Å². The van der Waals surface area contributed by atoms with Crippen LogP contribution in [0, 0.1) is 6.92 Å². The molecule has 3 heterocycles. The van der Waals surface area contributed by atoms with Crippen molar-refractivity contribution < 1.29 is 0 Å². The smallest absolute Gasteiger partial charge is 0.227 e. The van der Waals surface area contributed by atoms with Gasteiger partial charge in [-0.3, -0.25) is 4.98 Å². The fourth-order valence-corrected chi connectivity index (χ4v) is 2.92. The summed E-state index contributed by atoms with van der Waals surface area (Å²) < 4.78 is 0. The average molecular weight is 297 g/mol. The molecular weight excluding hydrogens is 274 g/mol. The molecule has 0 spiro atoms. The van der Waals surface area contributed by atoms with Crippen molar-refractivity contribution in [3.05, 3.63) is 35.8 Å². The van der Waals surface area contributed by atoms with Crippen LogP contribution < -0.4 is 10.2 Å². The molecule has 0 bridgehead atoms. The maximum atomic E-state index is 4.81. The van der Waals surface area contributed by atoms with Gasteiger partial charge in [0.25, 0.3) is 0 Å². The molecule has 22 heavy (non-hydrogen) atoms. The molecule has 5 nitrogen and oxygen atoms in total. The predicted octanol–water partition coefficient (Wildman–Crippen LogP) is 3.48. The summed E-state index contributed by atoms with van der Waals surface area (Å²) in [6.07, 6.45) is 8.25. The normalized spacial score (nSPS) is 14.9. The average Bonchev–Trinajstić information content (AvgIpc) is 2.56. The highest BCUT2D eigenvalue weighted by Gasteiger charge is 2.17. The van der Waals surface area contributed by atoms with E-state index in [1.54, 1.807) is 12.4 Å². The molecule has 2 aromatic rings. The Hall–Kier alpha value is -2.17. The first-order valence-electron chi connectivity index (χ1n) is 8.07. The molecule has 1 aliphatic heterocycles. The summed E-state index contributed by atoms with van der Waals surface area (Å²) in [7, 11) is 0. The Morgan fingerprint density at radius 1 is 1.09 bits per heavy atom. The number of nitrogens with zero attached hydrogens (tertiary/aromatic N) is 4. The van der Waals surface area contributed by atoms with E-state index >= 15 is 0 Å². The summed E-state index contributed by atoms with van der Waals surface area (Å²) in [6.45, 7) is 6.33. The van der Waals surface area contributed by atoms with Gasteiger partial charge in [-0.15, -0.1) is 0 Å². The highest BCUT2D eigenvalue weighted by Crippen LogP contribution is 2.25. The summed E-state index contributed by atoms with van der Waals surface area (Å²) in [5.41, 5.74) is 3.25. The van der Waals surface area contributed by atoms with Gasteiger partial charge in [0.1, 0.15) is 5.82 Å². The second-order valence-corrected chi connectivity index (χ2v) is 5.70. The van der Waals surface area contributed by atoms with Gasteiger partial charge in [-0.1, -0.05) is 6.92 Å². The van der Waals surface area contributed by atoms with E-state index in [-0.39, 0.29) is 0 Å². The van der Waals surface area contributed by atoms with Crippen molar-refractivity contribution in [2.75, 3.05) is 23.3 Å². The fraction of sp³-hybridized carbons (Fsp3) is 0.471. The summed E-state index contributed by atoms with van der Waals surface area (Å²) in [6, 6.07) is 3.91. The minimum atomic E-state index is 0.853. The maximum absolute atomic E-state index is 4.81. The van der Waals surface area contributed by atoms with Crippen LogP contribution in [0.1, 0.15) is 37.4 Å². The van der Waals surface area contributed by atoms with E-state index in [1.165, 1.54) is 24.8 Å². The number of piperidine rings is 1. The molecule has 0 unspecified atom stereocenters. The molecular formula is C17H23N5. The molecule has 1 saturated heterocycles. The van der Waals surface area contributed by atoms with E-state index in [9.17, 15) is 0 Å². The molecule has 0 amide bonds. The van der Waals surface area contributed by atoms with Crippen LogP contribution in [0.5, 0.6) is 0 Å². The lowest BCUT2D eigenvalue weighted by Gasteiger charge is -2.27. The van der Waals surface area contributed by atoms with Crippen molar-refractivity contribution in [1.29, 1.82) is 0 Å². The first-order chi connectivity index (χ1) is 10.8. The van der Waals surface area contributed by atoms with Crippen LogP contribution in [0.4, 0.5) is 17.5 Å². The highest BCUT2D eigenvalue weighted by atomic mass is 15.3. The van der Waals surface area contributed by atoms with Crippen LogP contribution in [0.15, 0.2) is 24.5 Å². The number of aryl methyl sites for hydroxylation is 1. The lowest BCUT2D eigenvalue weighted by molar-refractivity contribution is 0.567. The summed E-state index contributed by atoms with van der Waals surface area (Å²) in [4.78, 5) is 15.9. The minimum absolute atomic E-state index is 0.853. The van der Waals surface area contributed by atoms with Crippen molar-refractivity contribution >= 4 is 17.5 Å². The van der Waals surface area contributed by atoms with Crippen LogP contribution in [0.3, 0.4) is 0 Å². The van der Waals surface area contributed by atoms with Crippen LogP contribution in [0.2, 0.25) is 0 Å². The quantitative estimate of drug-likeness (QED) is 0.936. The number of pyridine rings is 1. The van der Waals surface area contributed by atoms with Crippen LogP contribution >= 0.6 is 0 Å². The Bertz CT molecular complexity index is 620. The van der Waals surface area contributed by atoms with Crippen molar-refractivity contribution in [3.63, 3.8) is 0 Å². The zero-order chi connectivity index (χ0) is 15.4. The summed E-state index contributed by atoms with van der Waals surface area (Å²) in [5, 5.41) is 3.43. The second-order valence-electron chi connectivity index (χ2n) is 5.70. The van der Waals surface area contributed by atoms with E-state index in [4.69, 9.17) is 9.97 Å². The fourth-order valence-electron chi connectivity index (χ4n) is 2.92. The Kier molecular flexibility index (Phi) is 4.51. The molecule has 0 aromatic carbocycles. The monoisotopic (exact) mass is 297 g/mol. The van der Waals surface area contributed by atoms with E-state index in [0.717, 1.165) is 42.7 Å². The molecule has 1 N–H and O–H groups in total. The highest BCUT2D eigenvalue weighted by molar-refractivity contribution is 5.61. The zero-order valence-corrected chi connectivity index (χ0v) is 13.3. The second kappa shape index (κ2) is 6.73. The van der Waals surface area contributed by atoms with Crippen molar-refractivity contribution in [1.82, 2.24) is 15.0 Å². The minimum Gasteiger partial charge on any atom is -0.341 e. The molecule has 0 saturated carbocycles. The number of aromatic nitrogens is 3. The molecule has 0 radical (unpaired) electrons. The first kappa shape index (κ1) is 14.8. The van der Waals surface area contributed by atoms with E-state index in [2.05, 4.69) is 29.0 Å². The van der Waals surface area contributed by atoms with Gasteiger partial charge >= 0.3 is 0 Å². The Balaban J connectivity index is 1.93. The Morgan fingerprint density at radius 3 is 2.50 bits per heavy atom. The number of nitrogens with one attached hydrogen (secondary N) is 1. The van der Waals surface area contributed by atoms with Gasteiger partial charge in [-0.05, 0) is 44.7 Å². The van der Waals surface area contributed by atoms with Gasteiger partial charge in [0.05, 0.1) is 0 Å². The Morgan fingerprint density at radius 2 is 1.82 bits per heavy atom.